The van der Waals surface area contributed by atoms with E-state index in [0.29, 0.717) is 5.75 Å². The van der Waals surface area contributed by atoms with Crippen LogP contribution in [0.3, 0.4) is 0 Å². The van der Waals surface area contributed by atoms with Crippen molar-refractivity contribution in [1.29, 1.82) is 0 Å². The van der Waals surface area contributed by atoms with E-state index in [2.05, 4.69) is 26.2 Å². The Morgan fingerprint density at radius 1 is 1.21 bits per heavy atom. The SMILES string of the molecule is COc1ccc(C(C)(C)C)cc1C(C)(C)C(=O)NN. The number of carbonyl (C=O) groups excluding carboxylic acids is 1. The third-order valence-corrected chi connectivity index (χ3v) is 3.44. The van der Waals surface area contributed by atoms with Gasteiger partial charge in [0.2, 0.25) is 5.91 Å². The smallest absolute Gasteiger partial charge is 0.244 e. The van der Waals surface area contributed by atoms with Gasteiger partial charge in [-0.3, -0.25) is 10.2 Å². The van der Waals surface area contributed by atoms with E-state index in [4.69, 9.17) is 10.6 Å². The summed E-state index contributed by atoms with van der Waals surface area (Å²) >= 11 is 0. The minimum absolute atomic E-state index is 0.0102. The molecule has 0 atom stereocenters. The number of amides is 1. The Hall–Kier alpha value is -1.55. The maximum atomic E-state index is 12.0. The van der Waals surface area contributed by atoms with Crippen LogP contribution in [0, 0.1) is 0 Å². The molecule has 106 valence electrons. The second-order valence-electron chi connectivity index (χ2n) is 6.26. The third kappa shape index (κ3) is 3.07. The first-order valence-electron chi connectivity index (χ1n) is 6.34. The van der Waals surface area contributed by atoms with Crippen molar-refractivity contribution in [3.8, 4) is 5.75 Å². The van der Waals surface area contributed by atoms with Crippen molar-refractivity contribution >= 4 is 5.91 Å². The second-order valence-corrected chi connectivity index (χ2v) is 6.26. The molecular formula is C15H24N2O2. The molecule has 0 radical (unpaired) electrons. The number of hydrogen-bond acceptors (Lipinski definition) is 3. The zero-order valence-electron chi connectivity index (χ0n) is 12.6. The van der Waals surface area contributed by atoms with Crippen molar-refractivity contribution in [1.82, 2.24) is 5.43 Å². The van der Waals surface area contributed by atoms with Gasteiger partial charge in [0.1, 0.15) is 5.75 Å². The van der Waals surface area contributed by atoms with Crippen LogP contribution in [0.15, 0.2) is 18.2 Å². The Kier molecular flexibility index (Phi) is 4.25. The van der Waals surface area contributed by atoms with Gasteiger partial charge in [0, 0.05) is 5.56 Å². The highest BCUT2D eigenvalue weighted by Gasteiger charge is 2.33. The number of rotatable bonds is 3. The highest BCUT2D eigenvalue weighted by Crippen LogP contribution is 2.35. The molecule has 0 spiro atoms. The van der Waals surface area contributed by atoms with Gasteiger partial charge in [0.15, 0.2) is 0 Å². The summed E-state index contributed by atoms with van der Waals surface area (Å²) in [6.45, 7) is 10.1. The number of benzene rings is 1. The number of hydrogen-bond donors (Lipinski definition) is 2. The van der Waals surface area contributed by atoms with Crippen molar-refractivity contribution < 1.29 is 9.53 Å². The lowest BCUT2D eigenvalue weighted by Crippen LogP contribution is -2.43. The van der Waals surface area contributed by atoms with Crippen LogP contribution >= 0.6 is 0 Å². The zero-order valence-corrected chi connectivity index (χ0v) is 12.6. The predicted molar refractivity (Wildman–Crippen MR) is 77.1 cm³/mol. The zero-order chi connectivity index (χ0) is 14.8. The second kappa shape index (κ2) is 5.21. The topological polar surface area (TPSA) is 64.3 Å². The van der Waals surface area contributed by atoms with E-state index in [0.717, 1.165) is 11.1 Å². The van der Waals surface area contributed by atoms with Crippen LogP contribution in [0.1, 0.15) is 45.7 Å². The van der Waals surface area contributed by atoms with Crippen LogP contribution in [0.4, 0.5) is 0 Å². The van der Waals surface area contributed by atoms with Crippen LogP contribution in [-0.4, -0.2) is 13.0 Å². The molecule has 19 heavy (non-hydrogen) atoms. The summed E-state index contributed by atoms with van der Waals surface area (Å²) in [6, 6.07) is 5.95. The molecule has 1 amide bonds. The van der Waals surface area contributed by atoms with Gasteiger partial charge in [-0.1, -0.05) is 32.9 Å². The van der Waals surface area contributed by atoms with Gasteiger partial charge in [0.05, 0.1) is 12.5 Å². The largest absolute Gasteiger partial charge is 0.496 e. The highest BCUT2D eigenvalue weighted by molar-refractivity contribution is 5.87. The molecule has 1 aromatic rings. The maximum absolute atomic E-state index is 12.0. The fourth-order valence-electron chi connectivity index (χ4n) is 1.97. The van der Waals surface area contributed by atoms with E-state index in [1.54, 1.807) is 7.11 Å². The third-order valence-electron chi connectivity index (χ3n) is 3.44. The normalized spacial score (nSPS) is 12.2. The highest BCUT2D eigenvalue weighted by atomic mass is 16.5. The van der Waals surface area contributed by atoms with Crippen molar-refractivity contribution in [3.05, 3.63) is 29.3 Å². The van der Waals surface area contributed by atoms with E-state index in [1.165, 1.54) is 0 Å². The van der Waals surface area contributed by atoms with E-state index in [1.807, 2.05) is 32.0 Å². The summed E-state index contributed by atoms with van der Waals surface area (Å²) in [7, 11) is 1.60. The van der Waals surface area contributed by atoms with Gasteiger partial charge < -0.3 is 4.74 Å². The summed E-state index contributed by atoms with van der Waals surface area (Å²) in [4.78, 5) is 12.0. The minimum Gasteiger partial charge on any atom is -0.496 e. The average Bonchev–Trinajstić information content (AvgIpc) is 2.35. The number of ether oxygens (including phenoxy) is 1. The van der Waals surface area contributed by atoms with Crippen molar-refractivity contribution in [2.75, 3.05) is 7.11 Å². The van der Waals surface area contributed by atoms with Gasteiger partial charge >= 0.3 is 0 Å². The standard InChI is InChI=1S/C15H24N2O2/c1-14(2,3)10-7-8-12(19-6)11(9-10)15(4,5)13(18)17-16/h7-9H,16H2,1-6H3,(H,17,18). The summed E-state index contributed by atoms with van der Waals surface area (Å²) in [5.41, 5.74) is 3.47. The van der Waals surface area contributed by atoms with Crippen LogP contribution in [-0.2, 0) is 15.6 Å². The van der Waals surface area contributed by atoms with Gasteiger partial charge in [0.25, 0.3) is 0 Å². The Bertz CT molecular complexity index is 474. The lowest BCUT2D eigenvalue weighted by Gasteiger charge is -2.28. The van der Waals surface area contributed by atoms with E-state index >= 15 is 0 Å². The summed E-state index contributed by atoms with van der Waals surface area (Å²) in [5, 5.41) is 0. The van der Waals surface area contributed by atoms with Crippen LogP contribution < -0.4 is 16.0 Å². The Labute approximate surface area is 115 Å². The molecule has 3 N–H and O–H groups in total. The molecule has 0 aromatic heterocycles. The lowest BCUT2D eigenvalue weighted by molar-refractivity contribution is -0.125. The predicted octanol–water partition coefficient (Wildman–Crippen LogP) is 2.26. The first kappa shape index (κ1) is 15.5. The lowest BCUT2D eigenvalue weighted by atomic mass is 9.78. The Morgan fingerprint density at radius 3 is 2.21 bits per heavy atom. The quantitative estimate of drug-likeness (QED) is 0.500. The van der Waals surface area contributed by atoms with Crippen molar-refractivity contribution in [2.24, 2.45) is 5.84 Å². The maximum Gasteiger partial charge on any atom is 0.244 e. The van der Waals surface area contributed by atoms with Crippen molar-refractivity contribution in [3.63, 3.8) is 0 Å². The summed E-state index contributed by atoms with van der Waals surface area (Å²) < 4.78 is 5.37. The first-order chi connectivity index (χ1) is 8.64. The number of nitrogens with one attached hydrogen (secondary N) is 1. The van der Waals surface area contributed by atoms with Crippen LogP contribution in [0.2, 0.25) is 0 Å². The van der Waals surface area contributed by atoms with Crippen LogP contribution in [0.5, 0.6) is 5.75 Å². The monoisotopic (exact) mass is 264 g/mol. The molecule has 0 aliphatic rings. The molecule has 1 rings (SSSR count). The molecule has 0 fully saturated rings. The molecule has 0 heterocycles. The van der Waals surface area contributed by atoms with E-state index in [-0.39, 0.29) is 11.3 Å². The minimum atomic E-state index is -0.749. The summed E-state index contributed by atoms with van der Waals surface area (Å²) in [5.74, 6) is 5.73. The number of nitrogens with two attached hydrogens (primary N) is 1. The number of methoxy groups -OCH3 is 1. The molecule has 0 aliphatic carbocycles. The van der Waals surface area contributed by atoms with Gasteiger partial charge in [-0.25, -0.2) is 5.84 Å². The summed E-state index contributed by atoms with van der Waals surface area (Å²) in [6.07, 6.45) is 0. The molecule has 0 bridgehead atoms. The van der Waals surface area contributed by atoms with Gasteiger partial charge in [-0.15, -0.1) is 0 Å². The number of carbonyl (C=O) groups is 1. The molecular weight excluding hydrogens is 240 g/mol. The Balaban J connectivity index is 3.43. The van der Waals surface area contributed by atoms with E-state index in [9.17, 15) is 4.79 Å². The van der Waals surface area contributed by atoms with Crippen molar-refractivity contribution in [2.45, 2.75) is 45.4 Å². The molecule has 0 aliphatic heterocycles. The van der Waals surface area contributed by atoms with Crippen LogP contribution in [0.25, 0.3) is 0 Å². The molecule has 0 saturated heterocycles. The molecule has 4 heteroatoms. The van der Waals surface area contributed by atoms with Gasteiger partial charge in [-0.05, 0) is 30.9 Å². The fourth-order valence-corrected chi connectivity index (χ4v) is 1.97. The first-order valence-corrected chi connectivity index (χ1v) is 6.34. The fraction of sp³-hybridized carbons (Fsp3) is 0.533. The number of hydrazine groups is 1. The molecule has 4 nitrogen and oxygen atoms in total. The molecule has 0 saturated carbocycles. The van der Waals surface area contributed by atoms with E-state index < -0.39 is 5.41 Å². The molecule has 0 unspecified atom stereocenters. The molecule has 1 aromatic carbocycles. The van der Waals surface area contributed by atoms with Gasteiger partial charge in [-0.2, -0.15) is 0 Å². The average molecular weight is 264 g/mol. The Morgan fingerprint density at radius 2 is 1.79 bits per heavy atom.